The first-order valence-electron chi connectivity index (χ1n) is 11.6. The van der Waals surface area contributed by atoms with Crippen LogP contribution in [-0.2, 0) is 6.42 Å². The minimum atomic E-state index is -1.41. The molecule has 2 heteroatoms. The summed E-state index contributed by atoms with van der Waals surface area (Å²) in [5, 5.41) is 3.19. The highest BCUT2D eigenvalue weighted by atomic mass is 28.3. The van der Waals surface area contributed by atoms with E-state index >= 15 is 0 Å². The lowest BCUT2D eigenvalue weighted by molar-refractivity contribution is 0.516. The monoisotopic (exact) mass is 433 g/mol. The molecule has 161 valence electrons. The van der Waals surface area contributed by atoms with Gasteiger partial charge in [0.15, 0.2) is 0 Å². The zero-order valence-corrected chi connectivity index (χ0v) is 23.0. The molecule has 30 heavy (non-hydrogen) atoms. The molecule has 0 fully saturated rings. The fraction of sp³-hybridized carbons (Fsp3) is 0.464. The van der Waals surface area contributed by atoms with Gasteiger partial charge in [-0.25, -0.2) is 0 Å². The van der Waals surface area contributed by atoms with Crippen molar-refractivity contribution >= 4 is 32.6 Å². The number of hydrogen-bond donors (Lipinski definition) is 0. The second-order valence-electron chi connectivity index (χ2n) is 12.1. The van der Waals surface area contributed by atoms with Crippen LogP contribution in [0.4, 0.5) is 0 Å². The van der Waals surface area contributed by atoms with Crippen molar-refractivity contribution in [3.63, 3.8) is 0 Å². The van der Waals surface area contributed by atoms with Crippen LogP contribution in [0, 0.1) is 11.8 Å². The van der Waals surface area contributed by atoms with Gasteiger partial charge >= 0.3 is 0 Å². The Balaban J connectivity index is 2.33. The normalized spacial score (nSPS) is 14.7. The van der Waals surface area contributed by atoms with Crippen molar-refractivity contribution < 1.29 is 0 Å². The van der Waals surface area contributed by atoms with E-state index in [1.165, 1.54) is 39.8 Å². The highest BCUT2D eigenvalue weighted by molar-refractivity contribution is 6.91. The van der Waals surface area contributed by atoms with Gasteiger partial charge in [0.2, 0.25) is 0 Å². The Hall–Kier alpha value is -1.39. The zero-order chi connectivity index (χ0) is 22.5. The van der Waals surface area contributed by atoms with Crippen LogP contribution in [0.2, 0.25) is 39.3 Å². The minimum absolute atomic E-state index is 0.171. The van der Waals surface area contributed by atoms with Crippen LogP contribution >= 0.6 is 0 Å². The predicted octanol–water partition coefficient (Wildman–Crippen LogP) is 7.39. The minimum Gasteiger partial charge on any atom is -0.0656 e. The molecule has 2 aromatic rings. The van der Waals surface area contributed by atoms with Crippen molar-refractivity contribution in [2.24, 2.45) is 5.41 Å². The van der Waals surface area contributed by atoms with Gasteiger partial charge < -0.3 is 0 Å². The molecular formula is C28H41Si2. The summed E-state index contributed by atoms with van der Waals surface area (Å²) < 4.78 is 0. The maximum Gasteiger partial charge on any atom is 0.0776 e. The third-order valence-electron chi connectivity index (χ3n) is 6.32. The van der Waals surface area contributed by atoms with E-state index in [-0.39, 0.29) is 5.41 Å². The summed E-state index contributed by atoms with van der Waals surface area (Å²) in [6.45, 7) is 24.1. The molecule has 0 spiro atoms. The van der Waals surface area contributed by atoms with Gasteiger partial charge in [0.05, 0.1) is 16.1 Å². The van der Waals surface area contributed by atoms with E-state index < -0.39 is 16.1 Å². The molecule has 1 aliphatic carbocycles. The largest absolute Gasteiger partial charge is 0.0776 e. The molecule has 2 aromatic carbocycles. The smallest absolute Gasteiger partial charge is 0.0656 e. The van der Waals surface area contributed by atoms with E-state index in [1.807, 2.05) is 0 Å². The fourth-order valence-corrected chi connectivity index (χ4v) is 6.71. The van der Waals surface area contributed by atoms with Gasteiger partial charge in [-0.05, 0) is 39.7 Å². The molecule has 0 atom stereocenters. The lowest BCUT2D eigenvalue weighted by Crippen LogP contribution is -2.45. The zero-order valence-electron chi connectivity index (χ0n) is 21.0. The average molecular weight is 434 g/mol. The van der Waals surface area contributed by atoms with Gasteiger partial charge in [0.1, 0.15) is 0 Å². The number of benzene rings is 2. The molecule has 0 saturated heterocycles. The SMILES string of the molecule is CCCc1ccc2c(c1-c1cc([Si](C)(C)C)cc([Si](C)(C)C)c1)C=C(C(C)(C)C)[CH]2. The third-order valence-corrected chi connectivity index (χ3v) is 10.4. The Morgan fingerprint density at radius 2 is 1.37 bits per heavy atom. The lowest BCUT2D eigenvalue weighted by Gasteiger charge is -2.25. The van der Waals surface area contributed by atoms with Crippen LogP contribution in [0.3, 0.4) is 0 Å². The summed E-state index contributed by atoms with van der Waals surface area (Å²) in [4.78, 5) is 0. The Morgan fingerprint density at radius 3 is 1.83 bits per heavy atom. The Kier molecular flexibility index (Phi) is 6.17. The van der Waals surface area contributed by atoms with Crippen LogP contribution in [-0.4, -0.2) is 16.1 Å². The van der Waals surface area contributed by atoms with Gasteiger partial charge in [0, 0.05) is 6.42 Å². The second kappa shape index (κ2) is 7.95. The van der Waals surface area contributed by atoms with E-state index in [1.54, 1.807) is 10.4 Å². The number of fused-ring (bicyclic) bond motifs is 1. The molecule has 0 aliphatic heterocycles. The molecule has 1 aliphatic rings. The van der Waals surface area contributed by atoms with Gasteiger partial charge in [-0.2, -0.15) is 0 Å². The summed E-state index contributed by atoms with van der Waals surface area (Å²) in [5.41, 5.74) is 8.90. The molecule has 1 radical (unpaired) electrons. The van der Waals surface area contributed by atoms with E-state index in [4.69, 9.17) is 0 Å². The Bertz CT molecular complexity index is 941. The van der Waals surface area contributed by atoms with Gasteiger partial charge in [0.25, 0.3) is 0 Å². The summed E-state index contributed by atoms with van der Waals surface area (Å²) in [5.74, 6) is 0. The van der Waals surface area contributed by atoms with Crippen LogP contribution in [0.25, 0.3) is 17.2 Å². The highest BCUT2D eigenvalue weighted by Crippen LogP contribution is 2.43. The molecule has 0 N–H and O–H groups in total. The van der Waals surface area contributed by atoms with Crippen LogP contribution in [0.5, 0.6) is 0 Å². The predicted molar refractivity (Wildman–Crippen MR) is 143 cm³/mol. The van der Waals surface area contributed by atoms with E-state index in [0.29, 0.717) is 0 Å². The maximum atomic E-state index is 2.55. The van der Waals surface area contributed by atoms with Crippen molar-refractivity contribution in [2.75, 3.05) is 0 Å². The number of rotatable bonds is 5. The summed E-state index contributed by atoms with van der Waals surface area (Å²) in [7, 11) is -2.83. The average Bonchev–Trinajstić information content (AvgIpc) is 3.04. The highest BCUT2D eigenvalue weighted by Gasteiger charge is 2.28. The van der Waals surface area contributed by atoms with E-state index in [2.05, 4.69) is 110 Å². The number of allylic oxidation sites excluding steroid dienone is 1. The number of aryl methyl sites for hydroxylation is 1. The molecule has 0 heterocycles. The summed E-state index contributed by atoms with van der Waals surface area (Å²) >= 11 is 0. The first-order chi connectivity index (χ1) is 13.7. The van der Waals surface area contributed by atoms with Crippen LogP contribution in [0.15, 0.2) is 35.9 Å². The van der Waals surface area contributed by atoms with Crippen molar-refractivity contribution in [3.05, 3.63) is 59.0 Å². The second-order valence-corrected chi connectivity index (χ2v) is 22.3. The van der Waals surface area contributed by atoms with Crippen LogP contribution < -0.4 is 10.4 Å². The lowest BCUT2D eigenvalue weighted by atomic mass is 9.85. The van der Waals surface area contributed by atoms with Crippen molar-refractivity contribution in [2.45, 2.75) is 79.8 Å². The topological polar surface area (TPSA) is 0 Å². The maximum absolute atomic E-state index is 2.55. The van der Waals surface area contributed by atoms with Gasteiger partial charge in [-0.1, -0.05) is 126 Å². The van der Waals surface area contributed by atoms with E-state index in [9.17, 15) is 0 Å². The molecule has 0 amide bonds. The Labute approximate surface area is 187 Å². The molecule has 0 nitrogen and oxygen atoms in total. The molecule has 0 bridgehead atoms. The van der Waals surface area contributed by atoms with Crippen molar-refractivity contribution in [1.29, 1.82) is 0 Å². The molecule has 0 aromatic heterocycles. The van der Waals surface area contributed by atoms with Crippen molar-refractivity contribution in [3.8, 4) is 11.1 Å². The third kappa shape index (κ3) is 4.75. The molecular weight excluding hydrogens is 392 g/mol. The summed E-state index contributed by atoms with van der Waals surface area (Å²) in [6, 6.07) is 12.4. The summed E-state index contributed by atoms with van der Waals surface area (Å²) in [6.07, 6.45) is 7.20. The standard InChI is InChI=1S/C28H41Si2/c1-11-12-20-13-14-21-15-23(28(2,3)4)18-26(21)27(20)22-16-24(29(5,6)7)19-25(17-22)30(8,9)10/h13-19H,11-12H2,1-10H3. The van der Waals surface area contributed by atoms with Gasteiger partial charge in [-0.3, -0.25) is 0 Å². The molecule has 0 unspecified atom stereocenters. The number of hydrogen-bond acceptors (Lipinski definition) is 0. The first-order valence-corrected chi connectivity index (χ1v) is 18.6. The first kappa shape index (κ1) is 23.3. The fourth-order valence-electron chi connectivity index (χ4n) is 4.22. The van der Waals surface area contributed by atoms with E-state index in [0.717, 1.165) is 6.42 Å². The van der Waals surface area contributed by atoms with Gasteiger partial charge in [-0.15, -0.1) is 0 Å². The van der Waals surface area contributed by atoms with Crippen molar-refractivity contribution in [1.82, 2.24) is 0 Å². The Morgan fingerprint density at radius 1 is 0.800 bits per heavy atom. The molecule has 3 rings (SSSR count). The molecule has 0 saturated carbocycles. The van der Waals surface area contributed by atoms with Crippen LogP contribution in [0.1, 0.15) is 50.8 Å². The quantitative estimate of drug-likeness (QED) is 0.431.